The van der Waals surface area contributed by atoms with Gasteiger partial charge in [-0.15, -0.1) is 0 Å². The maximum Gasteiger partial charge on any atom is 0.307 e. The van der Waals surface area contributed by atoms with Crippen molar-refractivity contribution < 1.29 is 19.8 Å². The molecule has 2 aromatic rings. The fourth-order valence-corrected chi connectivity index (χ4v) is 2.10. The summed E-state index contributed by atoms with van der Waals surface area (Å²) in [6.45, 7) is 0. The second-order valence-corrected chi connectivity index (χ2v) is 4.50. The molecule has 0 saturated carbocycles. The van der Waals surface area contributed by atoms with Gasteiger partial charge in [-0.3, -0.25) is 9.59 Å². The number of rotatable bonds is 5. The highest BCUT2D eigenvalue weighted by Gasteiger charge is 2.08. The van der Waals surface area contributed by atoms with Crippen LogP contribution < -0.4 is 0 Å². The predicted molar refractivity (Wildman–Crippen MR) is 74.6 cm³/mol. The van der Waals surface area contributed by atoms with E-state index in [0.717, 1.165) is 22.3 Å². The molecule has 4 nitrogen and oxygen atoms in total. The van der Waals surface area contributed by atoms with Gasteiger partial charge in [-0.1, -0.05) is 48.5 Å². The van der Waals surface area contributed by atoms with Gasteiger partial charge in [0.25, 0.3) is 0 Å². The Hall–Kier alpha value is -2.62. The molecule has 0 fully saturated rings. The monoisotopic (exact) mass is 270 g/mol. The van der Waals surface area contributed by atoms with Crippen molar-refractivity contribution in [1.82, 2.24) is 0 Å². The third kappa shape index (κ3) is 3.45. The average molecular weight is 270 g/mol. The summed E-state index contributed by atoms with van der Waals surface area (Å²) in [7, 11) is 0. The van der Waals surface area contributed by atoms with Gasteiger partial charge in [0.2, 0.25) is 0 Å². The SMILES string of the molecule is O=C(O)Cc1ccc(-c2ccccc2CC(=O)O)cc1. The summed E-state index contributed by atoms with van der Waals surface area (Å²) in [6, 6.07) is 14.4. The van der Waals surface area contributed by atoms with E-state index in [1.807, 2.05) is 24.3 Å². The zero-order chi connectivity index (χ0) is 14.5. The van der Waals surface area contributed by atoms with Gasteiger partial charge in [0.1, 0.15) is 0 Å². The molecule has 0 aliphatic carbocycles. The summed E-state index contributed by atoms with van der Waals surface area (Å²) in [6.07, 6.45) is -0.0515. The van der Waals surface area contributed by atoms with E-state index in [1.165, 1.54) is 0 Å². The van der Waals surface area contributed by atoms with Crippen molar-refractivity contribution >= 4 is 11.9 Å². The van der Waals surface area contributed by atoms with Crippen molar-refractivity contribution in [3.8, 4) is 11.1 Å². The van der Waals surface area contributed by atoms with Crippen LogP contribution in [0.25, 0.3) is 11.1 Å². The van der Waals surface area contributed by atoms with Gasteiger partial charge in [-0.2, -0.15) is 0 Å². The lowest BCUT2D eigenvalue weighted by Crippen LogP contribution is -2.02. The molecule has 0 unspecified atom stereocenters. The highest BCUT2D eigenvalue weighted by atomic mass is 16.4. The van der Waals surface area contributed by atoms with E-state index in [9.17, 15) is 9.59 Å². The summed E-state index contributed by atoms with van der Waals surface area (Å²) < 4.78 is 0. The molecule has 0 aliphatic rings. The summed E-state index contributed by atoms with van der Waals surface area (Å²) >= 11 is 0. The lowest BCUT2D eigenvalue weighted by atomic mass is 9.96. The van der Waals surface area contributed by atoms with E-state index >= 15 is 0 Å². The lowest BCUT2D eigenvalue weighted by molar-refractivity contribution is -0.137. The van der Waals surface area contributed by atoms with Gasteiger partial charge in [-0.05, 0) is 22.3 Å². The number of hydrogen-bond donors (Lipinski definition) is 2. The molecule has 0 amide bonds. The minimum atomic E-state index is -0.875. The second kappa shape index (κ2) is 6.02. The third-order valence-electron chi connectivity index (χ3n) is 2.98. The van der Waals surface area contributed by atoms with Gasteiger partial charge < -0.3 is 10.2 Å². The Kier molecular flexibility index (Phi) is 4.15. The quantitative estimate of drug-likeness (QED) is 0.875. The summed E-state index contributed by atoms with van der Waals surface area (Å²) in [5.74, 6) is -1.75. The molecule has 0 atom stereocenters. The van der Waals surface area contributed by atoms with Gasteiger partial charge in [0.05, 0.1) is 12.8 Å². The van der Waals surface area contributed by atoms with Crippen LogP contribution in [0.4, 0.5) is 0 Å². The Bertz CT molecular complexity index is 629. The number of carboxylic acids is 2. The normalized spacial score (nSPS) is 10.2. The smallest absolute Gasteiger partial charge is 0.307 e. The molecular weight excluding hydrogens is 256 g/mol. The molecule has 0 saturated heterocycles. The van der Waals surface area contributed by atoms with Crippen molar-refractivity contribution in [2.24, 2.45) is 0 Å². The lowest BCUT2D eigenvalue weighted by Gasteiger charge is -2.08. The number of hydrogen-bond acceptors (Lipinski definition) is 2. The standard InChI is InChI=1S/C16H14O4/c17-15(18)9-11-5-7-12(8-6-11)14-4-2-1-3-13(14)10-16(19)20/h1-8H,9-10H2,(H,17,18)(H,19,20). The molecule has 2 aromatic carbocycles. The van der Waals surface area contributed by atoms with Crippen molar-refractivity contribution in [3.63, 3.8) is 0 Å². The maximum atomic E-state index is 10.9. The first-order valence-corrected chi connectivity index (χ1v) is 6.17. The molecule has 2 N–H and O–H groups in total. The summed E-state index contributed by atoms with van der Waals surface area (Å²) in [5.41, 5.74) is 3.20. The Morgan fingerprint density at radius 2 is 1.40 bits per heavy atom. The van der Waals surface area contributed by atoms with Crippen LogP contribution in [0.5, 0.6) is 0 Å². The largest absolute Gasteiger partial charge is 0.481 e. The maximum absolute atomic E-state index is 10.9. The van der Waals surface area contributed by atoms with Crippen molar-refractivity contribution in [1.29, 1.82) is 0 Å². The molecule has 0 radical (unpaired) electrons. The highest BCUT2D eigenvalue weighted by Crippen LogP contribution is 2.24. The summed E-state index contributed by atoms with van der Waals surface area (Å²) in [4.78, 5) is 21.5. The van der Waals surface area contributed by atoms with Gasteiger partial charge >= 0.3 is 11.9 Å². The summed E-state index contributed by atoms with van der Waals surface area (Å²) in [5, 5.41) is 17.6. The third-order valence-corrected chi connectivity index (χ3v) is 2.98. The van der Waals surface area contributed by atoms with Gasteiger partial charge in [0.15, 0.2) is 0 Å². The average Bonchev–Trinajstić information content (AvgIpc) is 2.39. The van der Waals surface area contributed by atoms with Crippen LogP contribution in [-0.4, -0.2) is 22.2 Å². The van der Waals surface area contributed by atoms with Crippen molar-refractivity contribution in [2.45, 2.75) is 12.8 Å². The molecule has 0 bridgehead atoms. The van der Waals surface area contributed by atoms with Crippen LogP contribution in [-0.2, 0) is 22.4 Å². The van der Waals surface area contributed by atoms with E-state index in [2.05, 4.69) is 0 Å². The first-order valence-electron chi connectivity index (χ1n) is 6.17. The molecule has 20 heavy (non-hydrogen) atoms. The number of carbonyl (C=O) groups is 2. The van der Waals surface area contributed by atoms with Crippen LogP contribution in [0.3, 0.4) is 0 Å². The molecule has 0 heterocycles. The van der Waals surface area contributed by atoms with Crippen LogP contribution in [0, 0.1) is 0 Å². The van der Waals surface area contributed by atoms with Gasteiger partial charge in [-0.25, -0.2) is 0 Å². The minimum absolute atomic E-state index is 0.0168. The molecule has 0 spiro atoms. The Morgan fingerprint density at radius 1 is 0.800 bits per heavy atom. The Morgan fingerprint density at radius 3 is 2.00 bits per heavy atom. The number of carboxylic acid groups (broad SMARTS) is 2. The number of benzene rings is 2. The molecule has 4 heteroatoms. The van der Waals surface area contributed by atoms with E-state index in [0.29, 0.717) is 0 Å². The van der Waals surface area contributed by atoms with Crippen molar-refractivity contribution in [2.75, 3.05) is 0 Å². The highest BCUT2D eigenvalue weighted by molar-refractivity contribution is 5.77. The Labute approximate surface area is 116 Å². The van der Waals surface area contributed by atoms with Crippen LogP contribution in [0.1, 0.15) is 11.1 Å². The van der Waals surface area contributed by atoms with E-state index in [4.69, 9.17) is 10.2 Å². The number of aliphatic carboxylic acids is 2. The topological polar surface area (TPSA) is 74.6 Å². The molecular formula is C16H14O4. The van der Waals surface area contributed by atoms with Crippen LogP contribution in [0.2, 0.25) is 0 Å². The molecule has 0 aliphatic heterocycles. The molecule has 102 valence electrons. The van der Waals surface area contributed by atoms with E-state index < -0.39 is 11.9 Å². The predicted octanol–water partition coefficient (Wildman–Crippen LogP) is 2.61. The van der Waals surface area contributed by atoms with Crippen LogP contribution >= 0.6 is 0 Å². The van der Waals surface area contributed by atoms with E-state index in [1.54, 1.807) is 24.3 Å². The van der Waals surface area contributed by atoms with E-state index in [-0.39, 0.29) is 12.8 Å². The van der Waals surface area contributed by atoms with Gasteiger partial charge in [0, 0.05) is 0 Å². The minimum Gasteiger partial charge on any atom is -0.481 e. The Balaban J connectivity index is 2.31. The first-order chi connectivity index (χ1) is 9.56. The first kappa shape index (κ1) is 13.8. The van der Waals surface area contributed by atoms with Crippen molar-refractivity contribution in [3.05, 3.63) is 59.7 Å². The fourth-order valence-electron chi connectivity index (χ4n) is 2.10. The molecule has 0 aromatic heterocycles. The molecule has 2 rings (SSSR count). The zero-order valence-electron chi connectivity index (χ0n) is 10.7. The zero-order valence-corrected chi connectivity index (χ0v) is 10.7. The second-order valence-electron chi connectivity index (χ2n) is 4.50. The van der Waals surface area contributed by atoms with Crippen LogP contribution in [0.15, 0.2) is 48.5 Å². The fraction of sp³-hybridized carbons (Fsp3) is 0.125.